The van der Waals surface area contributed by atoms with Crippen molar-refractivity contribution in [1.82, 2.24) is 5.32 Å². The quantitative estimate of drug-likeness (QED) is 0.902. The fourth-order valence-electron chi connectivity index (χ4n) is 1.78. The van der Waals surface area contributed by atoms with Crippen molar-refractivity contribution in [3.05, 3.63) is 20.3 Å². The summed E-state index contributed by atoms with van der Waals surface area (Å²) in [7, 11) is 0. The molecule has 16 heavy (non-hydrogen) atoms. The molecule has 1 N–H and O–H groups in total. The molecule has 1 aliphatic carbocycles. The first kappa shape index (κ1) is 12.1. The summed E-state index contributed by atoms with van der Waals surface area (Å²) < 4.78 is 1.05. The molecular formula is C12H16BrNOS. The van der Waals surface area contributed by atoms with Crippen LogP contribution in [0.15, 0.2) is 9.85 Å². The van der Waals surface area contributed by atoms with Gasteiger partial charge in [-0.1, -0.05) is 12.8 Å². The maximum atomic E-state index is 11.9. The standard InChI is InChI=1S/C12H16BrNOS/c1-7-5-10(16-11(7)13)12(15)14-8(2)6-9-3-4-9/h5,8-9H,3-4,6H2,1-2H3,(H,14,15). The predicted octanol–water partition coefficient (Wildman–Crippen LogP) is 3.74. The van der Waals surface area contributed by atoms with Crippen LogP contribution in [0.3, 0.4) is 0 Å². The third kappa shape index (κ3) is 3.08. The van der Waals surface area contributed by atoms with Gasteiger partial charge in [-0.3, -0.25) is 4.79 Å². The number of carbonyl (C=O) groups excluding carboxylic acids is 1. The van der Waals surface area contributed by atoms with Crippen LogP contribution in [-0.4, -0.2) is 11.9 Å². The Balaban J connectivity index is 1.91. The Bertz CT molecular complexity index is 378. The van der Waals surface area contributed by atoms with Crippen molar-refractivity contribution in [3.8, 4) is 0 Å². The highest BCUT2D eigenvalue weighted by atomic mass is 79.9. The van der Waals surface area contributed by atoms with Crippen LogP contribution in [0.4, 0.5) is 0 Å². The van der Waals surface area contributed by atoms with Crippen molar-refractivity contribution in [1.29, 1.82) is 0 Å². The summed E-state index contributed by atoms with van der Waals surface area (Å²) in [5.74, 6) is 0.916. The van der Waals surface area contributed by atoms with Crippen molar-refractivity contribution >= 4 is 33.2 Å². The van der Waals surface area contributed by atoms with Crippen LogP contribution in [0.1, 0.15) is 41.4 Å². The minimum atomic E-state index is 0.0620. The first-order valence-electron chi connectivity index (χ1n) is 5.63. The van der Waals surface area contributed by atoms with E-state index in [0.717, 1.165) is 26.6 Å². The molecule has 1 aromatic heterocycles. The second kappa shape index (κ2) is 4.88. The molecule has 88 valence electrons. The SMILES string of the molecule is Cc1cc(C(=O)NC(C)CC2CC2)sc1Br. The van der Waals surface area contributed by atoms with Crippen LogP contribution in [0.2, 0.25) is 0 Å². The van der Waals surface area contributed by atoms with Crippen molar-refractivity contribution in [2.45, 2.75) is 39.2 Å². The van der Waals surface area contributed by atoms with Gasteiger partial charge >= 0.3 is 0 Å². The molecule has 2 nitrogen and oxygen atoms in total. The number of hydrogen-bond acceptors (Lipinski definition) is 2. The van der Waals surface area contributed by atoms with Gasteiger partial charge in [0.1, 0.15) is 0 Å². The fourth-order valence-corrected chi connectivity index (χ4v) is 3.22. The lowest BCUT2D eigenvalue weighted by Gasteiger charge is -2.12. The number of thiophene rings is 1. The zero-order valence-corrected chi connectivity index (χ0v) is 12.0. The third-order valence-corrected chi connectivity index (χ3v) is 4.98. The van der Waals surface area contributed by atoms with Crippen molar-refractivity contribution in [3.63, 3.8) is 0 Å². The van der Waals surface area contributed by atoms with Gasteiger partial charge in [0.05, 0.1) is 8.66 Å². The normalized spacial score (nSPS) is 17.2. The summed E-state index contributed by atoms with van der Waals surface area (Å²) in [6, 6.07) is 2.23. The summed E-state index contributed by atoms with van der Waals surface area (Å²) in [6.07, 6.45) is 3.80. The minimum absolute atomic E-state index is 0.0620. The monoisotopic (exact) mass is 301 g/mol. The van der Waals surface area contributed by atoms with Gasteiger partial charge in [0, 0.05) is 6.04 Å². The highest BCUT2D eigenvalue weighted by Crippen LogP contribution is 2.33. The molecule has 0 bridgehead atoms. The number of nitrogens with one attached hydrogen (secondary N) is 1. The fraction of sp³-hybridized carbons (Fsp3) is 0.583. The molecule has 1 aromatic rings. The molecule has 2 rings (SSSR count). The van der Waals surface area contributed by atoms with Gasteiger partial charge in [-0.2, -0.15) is 0 Å². The Morgan fingerprint density at radius 2 is 2.38 bits per heavy atom. The van der Waals surface area contributed by atoms with E-state index in [0.29, 0.717) is 6.04 Å². The van der Waals surface area contributed by atoms with E-state index in [-0.39, 0.29) is 5.91 Å². The maximum absolute atomic E-state index is 11.9. The van der Waals surface area contributed by atoms with E-state index >= 15 is 0 Å². The van der Waals surface area contributed by atoms with E-state index in [9.17, 15) is 4.79 Å². The minimum Gasteiger partial charge on any atom is -0.349 e. The highest BCUT2D eigenvalue weighted by molar-refractivity contribution is 9.11. The van der Waals surface area contributed by atoms with Crippen LogP contribution < -0.4 is 5.32 Å². The molecule has 4 heteroatoms. The topological polar surface area (TPSA) is 29.1 Å². The maximum Gasteiger partial charge on any atom is 0.261 e. The first-order valence-corrected chi connectivity index (χ1v) is 7.24. The molecule has 0 spiro atoms. The summed E-state index contributed by atoms with van der Waals surface area (Å²) in [6.45, 7) is 4.09. The summed E-state index contributed by atoms with van der Waals surface area (Å²) >= 11 is 4.94. The second-order valence-corrected chi connectivity index (χ2v) is 6.99. The third-order valence-electron chi connectivity index (χ3n) is 2.84. The largest absolute Gasteiger partial charge is 0.349 e. The van der Waals surface area contributed by atoms with Crippen LogP contribution >= 0.6 is 27.3 Å². The van der Waals surface area contributed by atoms with E-state index in [1.54, 1.807) is 0 Å². The molecule has 1 heterocycles. The number of aryl methyl sites for hydroxylation is 1. The smallest absolute Gasteiger partial charge is 0.261 e. The number of halogens is 1. The molecule has 0 aromatic carbocycles. The molecule has 1 atom stereocenters. The highest BCUT2D eigenvalue weighted by Gasteiger charge is 2.24. The molecule has 1 unspecified atom stereocenters. The molecule has 1 fully saturated rings. The Hall–Kier alpha value is -0.350. The molecule has 1 saturated carbocycles. The van der Waals surface area contributed by atoms with Gasteiger partial charge in [0.15, 0.2) is 0 Å². The first-order chi connectivity index (χ1) is 7.56. The van der Waals surface area contributed by atoms with E-state index in [2.05, 4.69) is 28.2 Å². The molecular weight excluding hydrogens is 286 g/mol. The van der Waals surface area contributed by atoms with Crippen LogP contribution in [-0.2, 0) is 0 Å². The van der Waals surface area contributed by atoms with Crippen molar-refractivity contribution in [2.75, 3.05) is 0 Å². The summed E-state index contributed by atoms with van der Waals surface area (Å²) in [4.78, 5) is 12.7. The molecule has 0 aliphatic heterocycles. The van der Waals surface area contributed by atoms with Gasteiger partial charge in [-0.15, -0.1) is 11.3 Å². The van der Waals surface area contributed by atoms with Gasteiger partial charge in [0.25, 0.3) is 5.91 Å². The van der Waals surface area contributed by atoms with Crippen LogP contribution in [0.5, 0.6) is 0 Å². The van der Waals surface area contributed by atoms with E-state index in [1.165, 1.54) is 24.2 Å². The average Bonchev–Trinajstić information content (AvgIpc) is 2.93. The van der Waals surface area contributed by atoms with Gasteiger partial charge in [-0.05, 0) is 53.7 Å². The lowest BCUT2D eigenvalue weighted by molar-refractivity contribution is 0.0941. The lowest BCUT2D eigenvalue weighted by Crippen LogP contribution is -2.32. The van der Waals surface area contributed by atoms with Crippen molar-refractivity contribution < 1.29 is 4.79 Å². The zero-order chi connectivity index (χ0) is 11.7. The molecule has 1 aliphatic rings. The Morgan fingerprint density at radius 1 is 1.69 bits per heavy atom. The molecule has 0 saturated heterocycles. The molecule has 1 amide bonds. The van der Waals surface area contributed by atoms with Gasteiger partial charge in [-0.25, -0.2) is 0 Å². The molecule has 0 radical (unpaired) electrons. The second-order valence-electron chi connectivity index (χ2n) is 4.62. The predicted molar refractivity (Wildman–Crippen MR) is 71.0 cm³/mol. The summed E-state index contributed by atoms with van der Waals surface area (Å²) in [5, 5.41) is 3.06. The van der Waals surface area contributed by atoms with Crippen LogP contribution in [0, 0.1) is 12.8 Å². The zero-order valence-electron chi connectivity index (χ0n) is 9.55. The van der Waals surface area contributed by atoms with E-state index < -0.39 is 0 Å². The number of carbonyl (C=O) groups is 1. The number of hydrogen-bond donors (Lipinski definition) is 1. The van der Waals surface area contributed by atoms with E-state index in [4.69, 9.17) is 0 Å². The Kier molecular flexibility index (Phi) is 3.70. The lowest BCUT2D eigenvalue weighted by atomic mass is 10.1. The average molecular weight is 302 g/mol. The van der Waals surface area contributed by atoms with E-state index in [1.807, 2.05) is 13.0 Å². The Labute approximate surface area is 109 Å². The van der Waals surface area contributed by atoms with Gasteiger partial charge < -0.3 is 5.32 Å². The Morgan fingerprint density at radius 3 is 2.88 bits per heavy atom. The van der Waals surface area contributed by atoms with Gasteiger partial charge in [0.2, 0.25) is 0 Å². The number of rotatable bonds is 4. The van der Waals surface area contributed by atoms with Crippen LogP contribution in [0.25, 0.3) is 0 Å². The number of amides is 1. The summed E-state index contributed by atoms with van der Waals surface area (Å²) in [5.41, 5.74) is 1.13. The van der Waals surface area contributed by atoms with Crippen molar-refractivity contribution in [2.24, 2.45) is 5.92 Å².